The molecule has 1 heterocycles. The van der Waals surface area contributed by atoms with Crippen molar-refractivity contribution >= 4 is 22.1 Å². The van der Waals surface area contributed by atoms with Gasteiger partial charge in [0.1, 0.15) is 0 Å². The summed E-state index contributed by atoms with van der Waals surface area (Å²) in [4.78, 5) is 27.8. The highest BCUT2D eigenvalue weighted by atomic mass is 32.2. The van der Waals surface area contributed by atoms with E-state index in [9.17, 15) is 18.0 Å². The monoisotopic (exact) mass is 422 g/mol. The minimum Gasteiger partial charge on any atom is -0.335 e. The number of sulfonamides is 1. The maximum absolute atomic E-state index is 12.7. The van der Waals surface area contributed by atoms with Crippen molar-refractivity contribution in [2.24, 2.45) is 0 Å². The largest absolute Gasteiger partial charge is 0.335 e. The van der Waals surface area contributed by atoms with E-state index in [1.165, 1.54) is 6.07 Å². The topological polar surface area (TPSA) is 98.8 Å². The summed E-state index contributed by atoms with van der Waals surface area (Å²) in [6.45, 7) is 1.13. The van der Waals surface area contributed by atoms with E-state index < -0.39 is 16.1 Å². The van der Waals surface area contributed by atoms with E-state index in [0.717, 1.165) is 43.2 Å². The van der Waals surface area contributed by atoms with Crippen molar-refractivity contribution < 1.29 is 18.0 Å². The Labute approximate surface area is 172 Å². The van der Waals surface area contributed by atoms with Crippen molar-refractivity contribution in [1.29, 1.82) is 0 Å². The number of hydrogen-bond donors (Lipinski definition) is 2. The van der Waals surface area contributed by atoms with Crippen LogP contribution >= 0.6 is 0 Å². The van der Waals surface area contributed by atoms with Gasteiger partial charge < -0.3 is 15.1 Å². The zero-order valence-corrected chi connectivity index (χ0v) is 17.9. The molecule has 1 saturated carbocycles. The van der Waals surface area contributed by atoms with Gasteiger partial charge in [-0.05, 0) is 48.9 Å². The van der Waals surface area contributed by atoms with Crippen molar-refractivity contribution in [3.63, 3.8) is 0 Å². The fourth-order valence-electron chi connectivity index (χ4n) is 3.99. The molecule has 8 nitrogen and oxygen atoms in total. The lowest BCUT2D eigenvalue weighted by molar-refractivity contribution is 0.173. The molecule has 0 bridgehead atoms. The second-order valence-corrected chi connectivity index (χ2v) is 9.69. The van der Waals surface area contributed by atoms with Crippen LogP contribution in [0.15, 0.2) is 23.1 Å². The number of benzene rings is 1. The number of carbonyl (C=O) groups is 2. The number of rotatable bonds is 3. The Morgan fingerprint density at radius 3 is 2.34 bits per heavy atom. The summed E-state index contributed by atoms with van der Waals surface area (Å²) in [6, 6.07) is 4.24. The molecule has 4 amide bonds. The van der Waals surface area contributed by atoms with Gasteiger partial charge in [-0.15, -0.1) is 0 Å². The number of amides is 4. The number of fused-ring (bicyclic) bond motifs is 1. The van der Waals surface area contributed by atoms with Gasteiger partial charge in [-0.1, -0.05) is 25.3 Å². The van der Waals surface area contributed by atoms with Gasteiger partial charge in [0.15, 0.2) is 0 Å². The lowest BCUT2D eigenvalue weighted by Gasteiger charge is -2.24. The Morgan fingerprint density at radius 1 is 1.03 bits per heavy atom. The van der Waals surface area contributed by atoms with Gasteiger partial charge in [0.25, 0.3) is 10.0 Å². The fraction of sp³-hybridized carbons (Fsp3) is 0.600. The van der Waals surface area contributed by atoms with E-state index in [4.69, 9.17) is 0 Å². The van der Waals surface area contributed by atoms with Crippen LogP contribution in [0, 0.1) is 0 Å². The highest BCUT2D eigenvalue weighted by Gasteiger charge is 2.24. The van der Waals surface area contributed by atoms with Crippen molar-refractivity contribution in [2.45, 2.75) is 55.9 Å². The molecule has 0 radical (unpaired) electrons. The lowest BCUT2D eigenvalue weighted by Crippen LogP contribution is -2.45. The summed E-state index contributed by atoms with van der Waals surface area (Å²) in [5.41, 5.74) is 1.93. The Morgan fingerprint density at radius 2 is 1.69 bits per heavy atom. The Kier molecular flexibility index (Phi) is 6.66. The average molecular weight is 423 g/mol. The van der Waals surface area contributed by atoms with Crippen LogP contribution in [0.4, 0.5) is 9.59 Å². The van der Waals surface area contributed by atoms with Crippen LogP contribution in [-0.2, 0) is 22.9 Å². The highest BCUT2D eigenvalue weighted by molar-refractivity contribution is 7.90. The van der Waals surface area contributed by atoms with Gasteiger partial charge in [-0.3, -0.25) is 0 Å². The van der Waals surface area contributed by atoms with E-state index >= 15 is 0 Å². The summed E-state index contributed by atoms with van der Waals surface area (Å²) in [5.74, 6) is 0. The van der Waals surface area contributed by atoms with Crippen LogP contribution in [0.3, 0.4) is 0 Å². The molecule has 1 fully saturated rings. The minimum absolute atomic E-state index is 0.0335. The quantitative estimate of drug-likeness (QED) is 0.779. The first-order valence-electron chi connectivity index (χ1n) is 10.2. The molecule has 1 aliphatic carbocycles. The van der Waals surface area contributed by atoms with Crippen LogP contribution in [0.1, 0.15) is 43.2 Å². The molecule has 160 valence electrons. The third kappa shape index (κ3) is 5.41. The molecular weight excluding hydrogens is 392 g/mol. The Bertz CT molecular complexity index is 863. The molecule has 1 aromatic rings. The van der Waals surface area contributed by atoms with E-state index in [1.807, 2.05) is 0 Å². The summed E-state index contributed by atoms with van der Waals surface area (Å²) >= 11 is 0. The molecule has 3 rings (SSSR count). The Hall–Kier alpha value is -2.29. The molecule has 0 aromatic heterocycles. The SMILES string of the molecule is CN(C)C(=O)N1CCc2ccc(S(=O)(=O)NC(=O)NC3CCCCC3)cc2CC1. The molecule has 29 heavy (non-hydrogen) atoms. The summed E-state index contributed by atoms with van der Waals surface area (Å²) < 4.78 is 27.5. The summed E-state index contributed by atoms with van der Waals surface area (Å²) in [6.07, 6.45) is 6.27. The van der Waals surface area contributed by atoms with Crippen molar-refractivity contribution in [3.8, 4) is 0 Å². The van der Waals surface area contributed by atoms with Gasteiger partial charge in [0.05, 0.1) is 4.90 Å². The summed E-state index contributed by atoms with van der Waals surface area (Å²) in [5, 5.41) is 2.77. The average Bonchev–Trinajstić information content (AvgIpc) is 2.89. The van der Waals surface area contributed by atoms with Crippen LogP contribution < -0.4 is 10.0 Å². The molecule has 9 heteroatoms. The maximum Gasteiger partial charge on any atom is 0.328 e. The molecule has 0 spiro atoms. The van der Waals surface area contributed by atoms with E-state index in [2.05, 4.69) is 10.0 Å². The van der Waals surface area contributed by atoms with Crippen molar-refractivity contribution in [3.05, 3.63) is 29.3 Å². The predicted octanol–water partition coefficient (Wildman–Crippen LogP) is 2.09. The van der Waals surface area contributed by atoms with Gasteiger partial charge in [0, 0.05) is 33.2 Å². The van der Waals surface area contributed by atoms with Crippen LogP contribution in [0.5, 0.6) is 0 Å². The molecular formula is C20H30N4O4S. The second-order valence-electron chi connectivity index (χ2n) is 8.01. The molecule has 2 N–H and O–H groups in total. The van der Waals surface area contributed by atoms with E-state index in [1.54, 1.807) is 36.0 Å². The molecule has 0 unspecified atom stereocenters. The molecule has 2 aliphatic rings. The Balaban J connectivity index is 1.67. The smallest absolute Gasteiger partial charge is 0.328 e. The number of carbonyl (C=O) groups excluding carboxylic acids is 2. The number of urea groups is 2. The zero-order chi connectivity index (χ0) is 21.0. The zero-order valence-electron chi connectivity index (χ0n) is 17.1. The van der Waals surface area contributed by atoms with Crippen molar-refractivity contribution in [2.75, 3.05) is 27.2 Å². The maximum atomic E-state index is 12.7. The number of hydrogen-bond acceptors (Lipinski definition) is 4. The third-order valence-electron chi connectivity index (χ3n) is 5.61. The van der Waals surface area contributed by atoms with Gasteiger partial charge in [-0.25, -0.2) is 22.7 Å². The second kappa shape index (κ2) is 9.02. The first-order valence-corrected chi connectivity index (χ1v) is 11.7. The number of nitrogens with one attached hydrogen (secondary N) is 2. The van der Waals surface area contributed by atoms with Crippen LogP contribution in [-0.4, -0.2) is 63.5 Å². The first kappa shape index (κ1) is 21.4. The normalized spacial score (nSPS) is 17.8. The van der Waals surface area contributed by atoms with E-state index in [-0.39, 0.29) is 17.0 Å². The predicted molar refractivity (Wildman–Crippen MR) is 110 cm³/mol. The molecule has 0 saturated heterocycles. The van der Waals surface area contributed by atoms with Gasteiger partial charge >= 0.3 is 12.1 Å². The van der Waals surface area contributed by atoms with Crippen LogP contribution in [0.25, 0.3) is 0 Å². The molecule has 1 aliphatic heterocycles. The minimum atomic E-state index is -3.95. The summed E-state index contributed by atoms with van der Waals surface area (Å²) in [7, 11) is -0.515. The first-order chi connectivity index (χ1) is 13.8. The molecule has 1 aromatic carbocycles. The molecule has 0 atom stereocenters. The lowest BCUT2D eigenvalue weighted by atomic mass is 9.96. The standard InChI is InChI=1S/C20H30N4O4S/c1-23(2)20(26)24-12-10-15-8-9-18(14-16(15)11-13-24)29(27,28)22-19(25)21-17-6-4-3-5-7-17/h8-9,14,17H,3-7,10-13H2,1-2H3,(H2,21,22,25). The van der Waals surface area contributed by atoms with Crippen molar-refractivity contribution in [1.82, 2.24) is 19.8 Å². The number of nitrogens with zero attached hydrogens (tertiary/aromatic N) is 2. The van der Waals surface area contributed by atoms with E-state index in [0.29, 0.717) is 25.9 Å². The van der Waals surface area contributed by atoms with Gasteiger partial charge in [-0.2, -0.15) is 0 Å². The van der Waals surface area contributed by atoms with Crippen LogP contribution in [0.2, 0.25) is 0 Å². The van der Waals surface area contributed by atoms with Gasteiger partial charge in [0.2, 0.25) is 0 Å². The fourth-order valence-corrected chi connectivity index (χ4v) is 4.95. The highest BCUT2D eigenvalue weighted by Crippen LogP contribution is 2.21. The third-order valence-corrected chi connectivity index (χ3v) is 6.94.